The van der Waals surface area contributed by atoms with Crippen molar-refractivity contribution in [2.24, 2.45) is 5.92 Å². The van der Waals surface area contributed by atoms with Crippen molar-refractivity contribution in [3.8, 4) is 17.1 Å². The molecule has 1 amide bonds. The van der Waals surface area contributed by atoms with Gasteiger partial charge in [0.05, 0.1) is 7.11 Å². The Labute approximate surface area is 152 Å². The van der Waals surface area contributed by atoms with Gasteiger partial charge < -0.3 is 14.6 Å². The first-order valence-corrected chi connectivity index (χ1v) is 8.42. The highest BCUT2D eigenvalue weighted by molar-refractivity contribution is 5.94. The Morgan fingerprint density at radius 2 is 1.77 bits per heavy atom. The van der Waals surface area contributed by atoms with Crippen molar-refractivity contribution in [3.05, 3.63) is 66.1 Å². The average molecular weight is 351 g/mol. The van der Waals surface area contributed by atoms with Gasteiger partial charge in [0, 0.05) is 11.1 Å². The number of nitrogens with one attached hydrogen (secondary N) is 1. The molecule has 0 aliphatic carbocycles. The third-order valence-electron chi connectivity index (χ3n) is 4.05. The van der Waals surface area contributed by atoms with E-state index in [-0.39, 0.29) is 17.9 Å². The summed E-state index contributed by atoms with van der Waals surface area (Å²) in [6.45, 7) is 3.98. The summed E-state index contributed by atoms with van der Waals surface area (Å²) in [6.07, 6.45) is 0. The lowest BCUT2D eigenvalue weighted by Crippen LogP contribution is -2.32. The van der Waals surface area contributed by atoms with Crippen LogP contribution >= 0.6 is 0 Å². The van der Waals surface area contributed by atoms with Crippen LogP contribution in [0.15, 0.2) is 59.1 Å². The van der Waals surface area contributed by atoms with Gasteiger partial charge in [0.2, 0.25) is 11.7 Å². The van der Waals surface area contributed by atoms with Crippen LogP contribution in [0.3, 0.4) is 0 Å². The Hall–Kier alpha value is -3.15. The number of rotatable bonds is 6. The first-order chi connectivity index (χ1) is 12.6. The molecule has 0 fully saturated rings. The van der Waals surface area contributed by atoms with Gasteiger partial charge in [-0.15, -0.1) is 0 Å². The number of hydrogen-bond acceptors (Lipinski definition) is 5. The third-order valence-corrected chi connectivity index (χ3v) is 4.05. The van der Waals surface area contributed by atoms with Crippen LogP contribution in [-0.4, -0.2) is 23.2 Å². The van der Waals surface area contributed by atoms with Gasteiger partial charge in [-0.3, -0.25) is 4.79 Å². The molecule has 0 bridgehead atoms. The number of hydrogen-bond donors (Lipinski definition) is 1. The summed E-state index contributed by atoms with van der Waals surface area (Å²) in [5, 5.41) is 7.01. The predicted octanol–water partition coefficient (Wildman–Crippen LogP) is 3.87. The first-order valence-electron chi connectivity index (χ1n) is 8.42. The Morgan fingerprint density at radius 1 is 1.08 bits per heavy atom. The summed E-state index contributed by atoms with van der Waals surface area (Å²) in [6, 6.07) is 16.1. The van der Waals surface area contributed by atoms with Gasteiger partial charge in [-0.05, 0) is 30.2 Å². The molecule has 6 heteroatoms. The minimum atomic E-state index is -0.380. The number of benzene rings is 2. The van der Waals surface area contributed by atoms with E-state index in [1.807, 2.05) is 44.2 Å². The molecule has 1 aromatic heterocycles. The van der Waals surface area contributed by atoms with E-state index < -0.39 is 0 Å². The fourth-order valence-corrected chi connectivity index (χ4v) is 2.55. The van der Waals surface area contributed by atoms with Crippen molar-refractivity contribution in [1.82, 2.24) is 15.5 Å². The van der Waals surface area contributed by atoms with Crippen LogP contribution in [0.2, 0.25) is 0 Å². The van der Waals surface area contributed by atoms with E-state index in [4.69, 9.17) is 9.26 Å². The van der Waals surface area contributed by atoms with E-state index in [0.717, 1.165) is 5.56 Å². The third kappa shape index (κ3) is 3.91. The van der Waals surface area contributed by atoms with E-state index in [9.17, 15) is 4.79 Å². The Morgan fingerprint density at radius 3 is 2.38 bits per heavy atom. The van der Waals surface area contributed by atoms with Crippen LogP contribution in [0.5, 0.6) is 5.75 Å². The van der Waals surface area contributed by atoms with Crippen LogP contribution in [-0.2, 0) is 0 Å². The first kappa shape index (κ1) is 17.7. The summed E-state index contributed by atoms with van der Waals surface area (Å²) in [7, 11) is 1.59. The zero-order valence-corrected chi connectivity index (χ0v) is 15.0. The Balaban J connectivity index is 1.79. The molecule has 6 nitrogen and oxygen atoms in total. The monoisotopic (exact) mass is 351 g/mol. The number of aromatic nitrogens is 2. The summed E-state index contributed by atoms with van der Waals surface area (Å²) in [5.74, 6) is 1.48. The zero-order chi connectivity index (χ0) is 18.5. The van der Waals surface area contributed by atoms with Crippen molar-refractivity contribution in [3.63, 3.8) is 0 Å². The van der Waals surface area contributed by atoms with Gasteiger partial charge in [0.1, 0.15) is 11.8 Å². The normalized spacial score (nSPS) is 12.0. The maximum atomic E-state index is 12.6. The Kier molecular flexibility index (Phi) is 5.31. The molecule has 1 atom stereocenters. The summed E-state index contributed by atoms with van der Waals surface area (Å²) < 4.78 is 10.5. The van der Waals surface area contributed by atoms with Crippen LogP contribution < -0.4 is 10.1 Å². The predicted molar refractivity (Wildman–Crippen MR) is 97.8 cm³/mol. The van der Waals surface area contributed by atoms with E-state index in [2.05, 4.69) is 15.5 Å². The number of nitrogens with zero attached hydrogens (tertiary/aromatic N) is 2. The maximum Gasteiger partial charge on any atom is 0.251 e. The van der Waals surface area contributed by atoms with E-state index >= 15 is 0 Å². The largest absolute Gasteiger partial charge is 0.497 e. The molecule has 0 radical (unpaired) electrons. The molecule has 1 N–H and O–H groups in total. The summed E-state index contributed by atoms with van der Waals surface area (Å²) in [5.41, 5.74) is 1.41. The number of carbonyl (C=O) groups is 1. The van der Waals surface area contributed by atoms with E-state index in [1.54, 1.807) is 31.4 Å². The van der Waals surface area contributed by atoms with Crippen molar-refractivity contribution >= 4 is 5.91 Å². The molecule has 0 saturated heterocycles. The van der Waals surface area contributed by atoms with Gasteiger partial charge in [-0.2, -0.15) is 4.98 Å². The quantitative estimate of drug-likeness (QED) is 0.729. The molecule has 0 spiro atoms. The topological polar surface area (TPSA) is 77.2 Å². The van der Waals surface area contributed by atoms with Crippen molar-refractivity contribution in [1.29, 1.82) is 0 Å². The zero-order valence-electron chi connectivity index (χ0n) is 15.0. The van der Waals surface area contributed by atoms with Gasteiger partial charge >= 0.3 is 0 Å². The van der Waals surface area contributed by atoms with Crippen molar-refractivity contribution < 1.29 is 14.1 Å². The van der Waals surface area contributed by atoms with Crippen molar-refractivity contribution in [2.45, 2.75) is 19.9 Å². The minimum Gasteiger partial charge on any atom is -0.497 e. The molecule has 134 valence electrons. The van der Waals surface area contributed by atoms with Crippen LogP contribution in [0.25, 0.3) is 11.4 Å². The smallest absolute Gasteiger partial charge is 0.251 e. The highest BCUT2D eigenvalue weighted by Gasteiger charge is 2.25. The highest BCUT2D eigenvalue weighted by Crippen LogP contribution is 2.24. The lowest BCUT2D eigenvalue weighted by atomic mass is 10.0. The number of carbonyl (C=O) groups excluding carboxylic acids is 1. The molecular formula is C20H21N3O3. The van der Waals surface area contributed by atoms with Gasteiger partial charge in [0.15, 0.2) is 0 Å². The summed E-state index contributed by atoms with van der Waals surface area (Å²) >= 11 is 0. The molecule has 0 aliphatic rings. The molecule has 2 aromatic carbocycles. The fourth-order valence-electron chi connectivity index (χ4n) is 2.55. The second-order valence-corrected chi connectivity index (χ2v) is 6.25. The molecule has 0 aliphatic heterocycles. The number of amides is 1. The second-order valence-electron chi connectivity index (χ2n) is 6.25. The fraction of sp³-hybridized carbons (Fsp3) is 0.250. The maximum absolute atomic E-state index is 12.6. The van der Waals surface area contributed by atoms with Crippen LogP contribution in [0.1, 0.15) is 36.1 Å². The van der Waals surface area contributed by atoms with Crippen molar-refractivity contribution in [2.75, 3.05) is 7.11 Å². The van der Waals surface area contributed by atoms with Crippen LogP contribution in [0, 0.1) is 5.92 Å². The van der Waals surface area contributed by atoms with E-state index in [1.165, 1.54) is 0 Å². The molecule has 3 aromatic rings. The van der Waals surface area contributed by atoms with Gasteiger partial charge in [-0.1, -0.05) is 49.3 Å². The standard InChI is InChI=1S/C20H21N3O3/c1-13(2)17(21-19(24)15-9-11-16(25-3)12-10-15)20-22-18(23-26-20)14-7-5-4-6-8-14/h4-13,17H,1-3H3,(H,21,24)/t17-/m0/s1. The van der Waals surface area contributed by atoms with E-state index in [0.29, 0.717) is 23.0 Å². The average Bonchev–Trinajstić information content (AvgIpc) is 3.16. The molecule has 0 saturated carbocycles. The van der Waals surface area contributed by atoms with Gasteiger partial charge in [0.25, 0.3) is 5.91 Å². The number of methoxy groups -OCH3 is 1. The van der Waals surface area contributed by atoms with Gasteiger partial charge in [-0.25, -0.2) is 0 Å². The highest BCUT2D eigenvalue weighted by atomic mass is 16.5. The molecular weight excluding hydrogens is 330 g/mol. The lowest BCUT2D eigenvalue weighted by molar-refractivity contribution is 0.0914. The molecule has 0 unspecified atom stereocenters. The number of ether oxygens (including phenoxy) is 1. The minimum absolute atomic E-state index is 0.0845. The Bertz CT molecular complexity index is 858. The lowest BCUT2D eigenvalue weighted by Gasteiger charge is -2.18. The van der Waals surface area contributed by atoms with Crippen LogP contribution in [0.4, 0.5) is 0 Å². The SMILES string of the molecule is COc1ccc(C(=O)N[C@H](c2nc(-c3ccccc3)no2)C(C)C)cc1. The summed E-state index contributed by atoms with van der Waals surface area (Å²) in [4.78, 5) is 17.0. The molecule has 1 heterocycles. The second kappa shape index (κ2) is 7.82. The molecule has 3 rings (SSSR count). The molecule has 26 heavy (non-hydrogen) atoms.